The van der Waals surface area contributed by atoms with Crippen molar-refractivity contribution in [3.8, 4) is 0 Å². The van der Waals surface area contributed by atoms with E-state index in [1.807, 2.05) is 19.9 Å². The molecule has 112 valence electrons. The number of anilines is 1. The van der Waals surface area contributed by atoms with Gasteiger partial charge < -0.3 is 10.6 Å². The molecule has 4 nitrogen and oxygen atoms in total. The summed E-state index contributed by atoms with van der Waals surface area (Å²) < 4.78 is 0. The Kier molecular flexibility index (Phi) is 5.33. The largest absolute Gasteiger partial charge is 0.370 e. The second kappa shape index (κ2) is 7.22. The van der Waals surface area contributed by atoms with Crippen LogP contribution in [0.25, 0.3) is 0 Å². The Morgan fingerprint density at radius 3 is 2.71 bits per heavy atom. The Morgan fingerprint density at radius 1 is 1.29 bits per heavy atom. The van der Waals surface area contributed by atoms with E-state index in [4.69, 9.17) is 0 Å². The van der Waals surface area contributed by atoms with Gasteiger partial charge in [0.05, 0.1) is 0 Å². The Balaban J connectivity index is 2.10. The first-order valence-corrected chi connectivity index (χ1v) is 8.13. The Bertz CT molecular complexity index is 622. The fourth-order valence-corrected chi connectivity index (χ4v) is 2.87. The molecule has 2 aromatic rings. The number of carbonyl (C=O) groups excluding carboxylic acids is 1. The number of pyridine rings is 1. The average molecular weight is 303 g/mol. The predicted octanol–water partition coefficient (Wildman–Crippen LogP) is 3.38. The van der Waals surface area contributed by atoms with E-state index in [9.17, 15) is 4.79 Å². The molecule has 2 rings (SSSR count). The number of rotatable bonds is 6. The molecule has 0 radical (unpaired) electrons. The summed E-state index contributed by atoms with van der Waals surface area (Å²) >= 11 is 1.66. The molecule has 0 fully saturated rings. The van der Waals surface area contributed by atoms with Crippen molar-refractivity contribution in [2.45, 2.75) is 33.7 Å². The second-order valence-corrected chi connectivity index (χ2v) is 5.62. The number of aryl methyl sites for hydroxylation is 2. The number of amides is 1. The van der Waals surface area contributed by atoms with Crippen molar-refractivity contribution < 1.29 is 4.79 Å². The van der Waals surface area contributed by atoms with E-state index in [1.54, 1.807) is 17.4 Å². The predicted molar refractivity (Wildman–Crippen MR) is 88.0 cm³/mol. The van der Waals surface area contributed by atoms with E-state index >= 15 is 0 Å². The van der Waals surface area contributed by atoms with Crippen LogP contribution in [-0.2, 0) is 13.0 Å². The lowest BCUT2D eigenvalue weighted by Crippen LogP contribution is -2.23. The molecule has 2 N–H and O–H groups in total. The summed E-state index contributed by atoms with van der Waals surface area (Å²) in [6.07, 6.45) is 0.809. The van der Waals surface area contributed by atoms with E-state index in [0.717, 1.165) is 24.5 Å². The van der Waals surface area contributed by atoms with E-state index in [-0.39, 0.29) is 5.91 Å². The van der Waals surface area contributed by atoms with Gasteiger partial charge in [-0.2, -0.15) is 11.3 Å². The molecule has 0 aromatic carbocycles. The highest BCUT2D eigenvalue weighted by atomic mass is 32.1. The van der Waals surface area contributed by atoms with E-state index in [2.05, 4.69) is 33.3 Å². The number of hydrogen-bond donors (Lipinski definition) is 2. The van der Waals surface area contributed by atoms with Gasteiger partial charge in [0.15, 0.2) is 0 Å². The van der Waals surface area contributed by atoms with Gasteiger partial charge in [-0.15, -0.1) is 0 Å². The van der Waals surface area contributed by atoms with Crippen LogP contribution in [0.3, 0.4) is 0 Å². The molecule has 0 saturated carbocycles. The number of aromatic nitrogens is 1. The van der Waals surface area contributed by atoms with Crippen LogP contribution < -0.4 is 10.6 Å². The summed E-state index contributed by atoms with van der Waals surface area (Å²) in [6, 6.07) is 3.66. The molecule has 1 amide bonds. The zero-order valence-electron chi connectivity index (χ0n) is 12.7. The fourth-order valence-electron chi connectivity index (χ4n) is 2.02. The number of nitrogens with one attached hydrogen (secondary N) is 2. The lowest BCUT2D eigenvalue weighted by atomic mass is 10.1. The Labute approximate surface area is 129 Å². The van der Waals surface area contributed by atoms with Crippen LogP contribution in [0.2, 0.25) is 0 Å². The molecular formula is C16H21N3OS. The maximum atomic E-state index is 12.3. The van der Waals surface area contributed by atoms with Crippen LogP contribution in [0.1, 0.15) is 41.0 Å². The number of hydrogen-bond acceptors (Lipinski definition) is 4. The molecule has 0 spiro atoms. The van der Waals surface area contributed by atoms with Gasteiger partial charge in [0.1, 0.15) is 5.82 Å². The van der Waals surface area contributed by atoms with Crippen molar-refractivity contribution in [2.24, 2.45) is 0 Å². The zero-order chi connectivity index (χ0) is 15.2. The minimum Gasteiger partial charge on any atom is -0.370 e. The molecule has 2 aromatic heterocycles. The van der Waals surface area contributed by atoms with Gasteiger partial charge >= 0.3 is 0 Å². The minimum atomic E-state index is -0.0585. The molecular weight excluding hydrogens is 282 g/mol. The average Bonchev–Trinajstić information content (AvgIpc) is 2.90. The van der Waals surface area contributed by atoms with Crippen LogP contribution in [0.5, 0.6) is 0 Å². The molecule has 0 aliphatic carbocycles. The summed E-state index contributed by atoms with van der Waals surface area (Å²) in [7, 11) is 0. The molecule has 0 unspecified atom stereocenters. The van der Waals surface area contributed by atoms with E-state index in [1.165, 1.54) is 11.1 Å². The van der Waals surface area contributed by atoms with Gasteiger partial charge in [-0.3, -0.25) is 4.79 Å². The quantitative estimate of drug-likeness (QED) is 0.860. The monoisotopic (exact) mass is 303 g/mol. The summed E-state index contributed by atoms with van der Waals surface area (Å²) in [6.45, 7) is 7.46. The topological polar surface area (TPSA) is 54.0 Å². The highest BCUT2D eigenvalue weighted by molar-refractivity contribution is 7.08. The maximum absolute atomic E-state index is 12.3. The summed E-state index contributed by atoms with van der Waals surface area (Å²) in [5.41, 5.74) is 3.97. The van der Waals surface area contributed by atoms with Gasteiger partial charge in [-0.05, 0) is 54.3 Å². The van der Waals surface area contributed by atoms with Crippen molar-refractivity contribution in [3.05, 3.63) is 45.3 Å². The smallest absolute Gasteiger partial charge is 0.251 e. The number of thiophene rings is 1. The molecule has 2 heterocycles. The third kappa shape index (κ3) is 4.04. The Morgan fingerprint density at radius 2 is 2.10 bits per heavy atom. The van der Waals surface area contributed by atoms with Crippen molar-refractivity contribution in [3.63, 3.8) is 0 Å². The maximum Gasteiger partial charge on any atom is 0.251 e. The molecule has 21 heavy (non-hydrogen) atoms. The highest BCUT2D eigenvalue weighted by Gasteiger charge is 2.10. The number of carbonyl (C=O) groups is 1. The highest BCUT2D eigenvalue weighted by Crippen LogP contribution is 2.14. The van der Waals surface area contributed by atoms with Crippen molar-refractivity contribution >= 4 is 23.1 Å². The van der Waals surface area contributed by atoms with E-state index < -0.39 is 0 Å². The molecule has 0 aliphatic rings. The molecule has 0 saturated heterocycles. The summed E-state index contributed by atoms with van der Waals surface area (Å²) in [5, 5.41) is 10.3. The van der Waals surface area contributed by atoms with Gasteiger partial charge in [0.2, 0.25) is 0 Å². The second-order valence-electron chi connectivity index (χ2n) is 4.88. The normalized spacial score (nSPS) is 10.4. The van der Waals surface area contributed by atoms with Crippen molar-refractivity contribution in [1.29, 1.82) is 0 Å². The molecule has 0 bridgehead atoms. The first-order chi connectivity index (χ1) is 10.1. The van der Waals surface area contributed by atoms with Crippen LogP contribution in [-0.4, -0.2) is 17.4 Å². The van der Waals surface area contributed by atoms with Crippen LogP contribution in [0, 0.1) is 6.92 Å². The molecule has 5 heteroatoms. The van der Waals surface area contributed by atoms with Gasteiger partial charge in [0, 0.05) is 24.3 Å². The first kappa shape index (κ1) is 15.5. The van der Waals surface area contributed by atoms with Crippen LogP contribution >= 0.6 is 11.3 Å². The third-order valence-electron chi connectivity index (χ3n) is 3.26. The standard InChI is InChI=1S/C16H21N3OS/c1-4-14-6-12(7-15(19-14)17-5-2)16(20)18-8-13-10-21-9-11(13)3/h6-7,9-10H,4-5,8H2,1-3H3,(H,17,19)(H,18,20). The number of nitrogens with zero attached hydrogens (tertiary/aromatic N) is 1. The van der Waals surface area contributed by atoms with Gasteiger partial charge in [0.25, 0.3) is 5.91 Å². The molecule has 0 atom stereocenters. The lowest BCUT2D eigenvalue weighted by molar-refractivity contribution is 0.0950. The van der Waals surface area contributed by atoms with Crippen molar-refractivity contribution in [1.82, 2.24) is 10.3 Å². The lowest BCUT2D eigenvalue weighted by Gasteiger charge is -2.09. The summed E-state index contributed by atoms with van der Waals surface area (Å²) in [5.74, 6) is 0.700. The van der Waals surface area contributed by atoms with Crippen LogP contribution in [0.15, 0.2) is 22.9 Å². The Hall–Kier alpha value is -1.88. The van der Waals surface area contributed by atoms with Gasteiger partial charge in [-0.1, -0.05) is 6.92 Å². The fraction of sp³-hybridized carbons (Fsp3) is 0.375. The minimum absolute atomic E-state index is 0.0585. The molecule has 0 aliphatic heterocycles. The first-order valence-electron chi connectivity index (χ1n) is 7.18. The van der Waals surface area contributed by atoms with Crippen molar-refractivity contribution in [2.75, 3.05) is 11.9 Å². The van der Waals surface area contributed by atoms with Gasteiger partial charge in [-0.25, -0.2) is 4.98 Å². The van der Waals surface area contributed by atoms with E-state index in [0.29, 0.717) is 12.1 Å². The third-order valence-corrected chi connectivity index (χ3v) is 4.17. The zero-order valence-corrected chi connectivity index (χ0v) is 13.5. The SMILES string of the molecule is CCNc1cc(C(=O)NCc2cscc2C)cc(CC)n1. The summed E-state index contributed by atoms with van der Waals surface area (Å²) in [4.78, 5) is 16.8. The van der Waals surface area contributed by atoms with Crippen LogP contribution in [0.4, 0.5) is 5.82 Å².